The van der Waals surface area contributed by atoms with Crippen LogP contribution in [0.15, 0.2) is 18.2 Å². The molecular formula is C21H28IO2-. The van der Waals surface area contributed by atoms with Crippen molar-refractivity contribution in [3.05, 3.63) is 29.3 Å². The van der Waals surface area contributed by atoms with Crippen LogP contribution in [0.3, 0.4) is 0 Å². The first kappa shape index (κ1) is 15.9. The van der Waals surface area contributed by atoms with Gasteiger partial charge in [-0.05, 0) is 0 Å². The molecular weight excluding hydrogens is 411 g/mol. The van der Waals surface area contributed by atoms with Crippen molar-refractivity contribution in [3.8, 4) is 5.75 Å². The third kappa shape index (κ3) is 1.86. The number of aliphatic hydroxyl groups is 1. The van der Waals surface area contributed by atoms with E-state index < -0.39 is 0 Å². The summed E-state index contributed by atoms with van der Waals surface area (Å²) < 4.78 is 2.44. The molecule has 1 unspecified atom stereocenters. The first-order valence-corrected chi connectivity index (χ1v) is 12.3. The van der Waals surface area contributed by atoms with Gasteiger partial charge in [-0.1, -0.05) is 0 Å². The summed E-state index contributed by atoms with van der Waals surface area (Å²) in [5.41, 5.74) is 3.47. The molecule has 3 heteroatoms. The zero-order chi connectivity index (χ0) is 16.7. The third-order valence-electron chi connectivity index (χ3n) is 8.23. The zero-order valence-corrected chi connectivity index (χ0v) is 16.8. The summed E-state index contributed by atoms with van der Waals surface area (Å²) in [5.74, 6) is 2.34. The van der Waals surface area contributed by atoms with Crippen molar-refractivity contribution in [1.82, 2.24) is 0 Å². The Morgan fingerprint density at radius 1 is 1.17 bits per heavy atom. The number of phenols is 1. The van der Waals surface area contributed by atoms with Gasteiger partial charge in [0.2, 0.25) is 0 Å². The SMILES string of the molecule is C[C@@H]1C[C@@H]2[C@H](CC[C@]3(C)[C@@H](O)CC[C@@]23C2C[I-]2)c2ccc(O)cc21. The van der Waals surface area contributed by atoms with E-state index in [1.54, 1.807) is 0 Å². The Kier molecular flexibility index (Phi) is 3.40. The standard InChI is InChI=1S/C21H28IO2/c1-12-9-17-15(14-4-3-13(23)10-16(12)14)5-7-20(2)19(24)6-8-21(17,20)18-11-22-18/h3-4,10,12,15,17-19,23-24H,5-9,11H2,1-2H3/q-1/t12-,15-,17-,18?,19+,20-,21+/m1/s1. The van der Waals surface area contributed by atoms with Crippen LogP contribution >= 0.6 is 0 Å². The van der Waals surface area contributed by atoms with Crippen LogP contribution in [0.5, 0.6) is 5.75 Å². The zero-order valence-electron chi connectivity index (χ0n) is 14.6. The van der Waals surface area contributed by atoms with E-state index in [2.05, 4.69) is 19.9 Å². The molecule has 132 valence electrons. The van der Waals surface area contributed by atoms with E-state index in [4.69, 9.17) is 0 Å². The summed E-state index contributed by atoms with van der Waals surface area (Å²) in [6.07, 6.45) is 5.86. The summed E-state index contributed by atoms with van der Waals surface area (Å²) in [6, 6.07) is 6.12. The molecule has 2 N–H and O–H groups in total. The average Bonchev–Trinajstić information content (AvgIpc) is 3.36. The van der Waals surface area contributed by atoms with Gasteiger partial charge in [0.25, 0.3) is 0 Å². The van der Waals surface area contributed by atoms with Gasteiger partial charge in [0.05, 0.1) is 0 Å². The van der Waals surface area contributed by atoms with E-state index in [0.29, 0.717) is 44.2 Å². The summed E-state index contributed by atoms with van der Waals surface area (Å²) >= 11 is 0.381. The van der Waals surface area contributed by atoms with Crippen LogP contribution in [0.25, 0.3) is 0 Å². The maximum absolute atomic E-state index is 10.9. The number of hydrogen-bond acceptors (Lipinski definition) is 2. The van der Waals surface area contributed by atoms with Crippen LogP contribution in [-0.2, 0) is 0 Å². The number of phenolic OH excluding ortho intramolecular Hbond substituents is 1. The van der Waals surface area contributed by atoms with Gasteiger partial charge >= 0.3 is 155 Å². The fraction of sp³-hybridized carbons (Fsp3) is 0.714. The van der Waals surface area contributed by atoms with Crippen LogP contribution in [0, 0.1) is 16.7 Å². The number of aliphatic hydroxyl groups excluding tert-OH is 1. The molecule has 1 saturated heterocycles. The normalized spacial score (nSPS) is 49.5. The Labute approximate surface area is 155 Å². The molecule has 0 bridgehead atoms. The van der Waals surface area contributed by atoms with Crippen molar-refractivity contribution in [3.63, 3.8) is 0 Å². The van der Waals surface area contributed by atoms with Crippen molar-refractivity contribution in [2.45, 2.75) is 67.8 Å². The minimum atomic E-state index is -0.0837. The molecule has 3 aliphatic carbocycles. The van der Waals surface area contributed by atoms with E-state index in [-0.39, 0.29) is 11.5 Å². The molecule has 2 saturated carbocycles. The Bertz CT molecular complexity index is 684. The molecule has 7 atom stereocenters. The van der Waals surface area contributed by atoms with Gasteiger partial charge in [0.1, 0.15) is 0 Å². The van der Waals surface area contributed by atoms with Crippen molar-refractivity contribution in [2.24, 2.45) is 16.7 Å². The number of aromatic hydroxyl groups is 1. The number of halogens is 1. The summed E-state index contributed by atoms with van der Waals surface area (Å²) in [6.45, 7) is 4.78. The van der Waals surface area contributed by atoms with Gasteiger partial charge in [-0.15, -0.1) is 0 Å². The van der Waals surface area contributed by atoms with Gasteiger partial charge in [0, 0.05) is 0 Å². The van der Waals surface area contributed by atoms with Crippen molar-refractivity contribution in [2.75, 3.05) is 4.43 Å². The van der Waals surface area contributed by atoms with Gasteiger partial charge in [-0.3, -0.25) is 0 Å². The van der Waals surface area contributed by atoms with E-state index >= 15 is 0 Å². The molecule has 1 aromatic rings. The molecule has 0 radical (unpaired) electrons. The molecule has 3 fully saturated rings. The Morgan fingerprint density at radius 2 is 1.96 bits per heavy atom. The van der Waals surface area contributed by atoms with Crippen LogP contribution in [-0.4, -0.2) is 24.7 Å². The quantitative estimate of drug-likeness (QED) is 0.507. The summed E-state index contributed by atoms with van der Waals surface area (Å²) in [5, 5.41) is 20.8. The molecule has 2 nitrogen and oxygen atoms in total. The molecule has 1 heterocycles. The number of fused-ring (bicyclic) bond motifs is 5. The van der Waals surface area contributed by atoms with Gasteiger partial charge in [0.15, 0.2) is 0 Å². The van der Waals surface area contributed by atoms with E-state index in [1.807, 2.05) is 12.1 Å². The monoisotopic (exact) mass is 439 g/mol. The predicted molar refractivity (Wildman–Crippen MR) is 91.0 cm³/mol. The second-order valence-corrected chi connectivity index (χ2v) is 12.3. The molecule has 0 amide bonds. The van der Waals surface area contributed by atoms with Crippen LogP contribution in [0.4, 0.5) is 0 Å². The molecule has 0 spiro atoms. The second-order valence-electron chi connectivity index (χ2n) is 8.99. The minimum absolute atomic E-state index is 0.0837. The number of benzene rings is 1. The predicted octanol–water partition coefficient (Wildman–Crippen LogP) is 1.01. The van der Waals surface area contributed by atoms with E-state index in [0.717, 1.165) is 16.3 Å². The average molecular weight is 439 g/mol. The fourth-order valence-electron chi connectivity index (χ4n) is 6.96. The van der Waals surface area contributed by atoms with E-state index in [9.17, 15) is 10.2 Å². The first-order chi connectivity index (χ1) is 11.5. The molecule has 5 rings (SSSR count). The Morgan fingerprint density at radius 3 is 2.71 bits per heavy atom. The fourth-order valence-corrected chi connectivity index (χ4v) is 10.3. The number of rotatable bonds is 1. The number of alkyl halides is 2. The van der Waals surface area contributed by atoms with Crippen molar-refractivity contribution >= 4 is 0 Å². The maximum atomic E-state index is 10.9. The molecule has 1 aromatic carbocycles. The molecule has 1 aliphatic heterocycles. The summed E-state index contributed by atoms with van der Waals surface area (Å²) in [7, 11) is 0. The first-order valence-electron chi connectivity index (χ1n) is 9.56. The van der Waals surface area contributed by atoms with Gasteiger partial charge in [-0.25, -0.2) is 0 Å². The van der Waals surface area contributed by atoms with Gasteiger partial charge in [-0.2, -0.15) is 0 Å². The molecule has 24 heavy (non-hydrogen) atoms. The Balaban J connectivity index is 1.65. The topological polar surface area (TPSA) is 40.5 Å². The second kappa shape index (κ2) is 5.12. The van der Waals surface area contributed by atoms with Crippen molar-refractivity contribution in [1.29, 1.82) is 0 Å². The van der Waals surface area contributed by atoms with E-state index in [1.165, 1.54) is 41.2 Å². The number of hydrogen-bond donors (Lipinski definition) is 2. The van der Waals surface area contributed by atoms with Gasteiger partial charge < -0.3 is 0 Å². The molecule has 4 aliphatic rings. The van der Waals surface area contributed by atoms with Crippen molar-refractivity contribution < 1.29 is 31.4 Å². The molecule has 0 aromatic heterocycles. The third-order valence-corrected chi connectivity index (χ3v) is 11.1. The van der Waals surface area contributed by atoms with Crippen LogP contribution in [0.2, 0.25) is 0 Å². The van der Waals surface area contributed by atoms with Crippen LogP contribution in [0.1, 0.15) is 68.9 Å². The Hall–Kier alpha value is -0.290. The van der Waals surface area contributed by atoms with Crippen LogP contribution < -0.4 is 21.2 Å². The summed E-state index contributed by atoms with van der Waals surface area (Å²) in [4.78, 5) is 0.